The number of piperidine rings is 1. The highest BCUT2D eigenvalue weighted by molar-refractivity contribution is 5.87. The summed E-state index contributed by atoms with van der Waals surface area (Å²) in [5, 5.41) is 21.4. The average molecular weight is 546 g/mol. The molecule has 39 heavy (non-hydrogen) atoms. The van der Waals surface area contributed by atoms with Crippen molar-refractivity contribution in [3.8, 4) is 16.9 Å². The topological polar surface area (TPSA) is 131 Å². The molecular weight excluding hydrogens is 519 g/mol. The molecule has 10 nitrogen and oxygen atoms in total. The number of urea groups is 1. The molecule has 2 saturated heterocycles. The molecule has 4 N–H and O–H groups in total. The van der Waals surface area contributed by atoms with Crippen LogP contribution >= 0.6 is 0 Å². The zero-order valence-electron chi connectivity index (χ0n) is 20.7. The molecule has 2 atom stereocenters. The van der Waals surface area contributed by atoms with E-state index in [0.717, 1.165) is 16.7 Å². The lowest BCUT2D eigenvalue weighted by Crippen LogP contribution is -2.60. The van der Waals surface area contributed by atoms with Crippen LogP contribution in [0.4, 0.5) is 28.7 Å². The number of carbonyl (C=O) groups excluding carboxylic acids is 1. The van der Waals surface area contributed by atoms with Gasteiger partial charge in [-0.1, -0.05) is 12.1 Å². The molecule has 1 aromatic heterocycles. The summed E-state index contributed by atoms with van der Waals surface area (Å²) >= 11 is 0. The van der Waals surface area contributed by atoms with Crippen molar-refractivity contribution >= 4 is 29.1 Å². The molecule has 0 radical (unpaired) electrons. The van der Waals surface area contributed by atoms with E-state index in [2.05, 4.69) is 15.3 Å². The lowest BCUT2D eigenvalue weighted by Gasteiger charge is -2.45. The normalized spacial score (nSPS) is 24.7. The van der Waals surface area contributed by atoms with E-state index in [9.17, 15) is 27.9 Å². The van der Waals surface area contributed by atoms with Crippen LogP contribution in [0, 0.1) is 0 Å². The Morgan fingerprint density at radius 1 is 1.10 bits per heavy atom. The van der Waals surface area contributed by atoms with Gasteiger partial charge in [0.2, 0.25) is 5.95 Å². The second kappa shape index (κ2) is 9.04. The molecule has 2 aromatic carbocycles. The van der Waals surface area contributed by atoms with Gasteiger partial charge in [-0.2, -0.15) is 13.2 Å². The Morgan fingerprint density at radius 2 is 1.79 bits per heavy atom. The molecule has 2 unspecified atom stereocenters. The summed E-state index contributed by atoms with van der Waals surface area (Å²) in [4.78, 5) is 34.7. The van der Waals surface area contributed by atoms with Crippen molar-refractivity contribution in [1.29, 1.82) is 0 Å². The predicted molar refractivity (Wildman–Crippen MR) is 133 cm³/mol. The summed E-state index contributed by atoms with van der Waals surface area (Å²) in [6, 6.07) is 9.38. The minimum atomic E-state index is -4.73. The van der Waals surface area contributed by atoms with Crippen LogP contribution < -0.4 is 10.1 Å². The standard InChI is InChI=1S/C26H26F3N5O5/c27-26(28,29)25(38)11-17-3-4-18(12-25)34(17)24(37)33-7-8-39-21-6-2-14(9-16(21)13-33)15-1-5-19-20(10-15)31-22(30-19)32-23(35)36/h1-2,5-6,9-10,17-18,38H,3-4,7-8,11-13H2,(H,35,36)(H2,30,31,32). The van der Waals surface area contributed by atoms with Crippen LogP contribution in [0.2, 0.25) is 0 Å². The lowest BCUT2D eigenvalue weighted by atomic mass is 9.85. The minimum Gasteiger partial charge on any atom is -0.491 e. The maximum Gasteiger partial charge on any atom is 0.417 e. The summed E-state index contributed by atoms with van der Waals surface area (Å²) in [7, 11) is 0. The number of fused-ring (bicyclic) bond motifs is 4. The molecule has 2 bridgehead atoms. The number of amides is 3. The van der Waals surface area contributed by atoms with Gasteiger partial charge in [0.25, 0.3) is 0 Å². The molecule has 0 saturated carbocycles. The van der Waals surface area contributed by atoms with Crippen LogP contribution in [0.3, 0.4) is 0 Å². The van der Waals surface area contributed by atoms with Crippen LogP contribution in [-0.2, 0) is 6.54 Å². The van der Waals surface area contributed by atoms with E-state index < -0.39 is 42.8 Å². The van der Waals surface area contributed by atoms with E-state index in [4.69, 9.17) is 9.84 Å². The molecule has 3 aromatic rings. The molecule has 6 rings (SSSR count). The van der Waals surface area contributed by atoms with Gasteiger partial charge < -0.3 is 29.7 Å². The highest BCUT2D eigenvalue weighted by Gasteiger charge is 2.61. The fraction of sp³-hybridized carbons (Fsp3) is 0.423. The second-order valence-electron chi connectivity index (χ2n) is 10.4. The first kappa shape index (κ1) is 25.3. The quantitative estimate of drug-likeness (QED) is 0.374. The fourth-order valence-electron chi connectivity index (χ4n) is 6.02. The summed E-state index contributed by atoms with van der Waals surface area (Å²) in [6.45, 7) is 0.745. The Morgan fingerprint density at radius 3 is 2.49 bits per heavy atom. The van der Waals surface area contributed by atoms with Gasteiger partial charge in [0.05, 0.1) is 24.1 Å². The summed E-state index contributed by atoms with van der Waals surface area (Å²) < 4.78 is 46.4. The number of hydrogen-bond acceptors (Lipinski definition) is 5. The third-order valence-corrected chi connectivity index (χ3v) is 7.87. The molecule has 13 heteroatoms. The molecule has 2 fully saturated rings. The minimum absolute atomic E-state index is 0.111. The van der Waals surface area contributed by atoms with Gasteiger partial charge in [-0.3, -0.25) is 5.32 Å². The maximum atomic E-state index is 13.6. The van der Waals surface area contributed by atoms with E-state index in [0.29, 0.717) is 29.6 Å². The molecule has 3 aliphatic rings. The number of aromatic nitrogens is 2. The monoisotopic (exact) mass is 545 g/mol. The van der Waals surface area contributed by atoms with E-state index in [1.165, 1.54) is 4.90 Å². The van der Waals surface area contributed by atoms with Crippen molar-refractivity contribution in [1.82, 2.24) is 19.8 Å². The Labute approximate surface area is 220 Å². The summed E-state index contributed by atoms with van der Waals surface area (Å²) in [5.41, 5.74) is 0.888. The van der Waals surface area contributed by atoms with Crippen LogP contribution in [0.25, 0.3) is 22.2 Å². The van der Waals surface area contributed by atoms with Crippen LogP contribution in [0.1, 0.15) is 31.2 Å². The number of benzene rings is 2. The highest BCUT2D eigenvalue weighted by Crippen LogP contribution is 2.48. The van der Waals surface area contributed by atoms with Crippen molar-refractivity contribution in [2.24, 2.45) is 0 Å². The number of nitrogens with one attached hydrogen (secondary N) is 2. The zero-order chi connectivity index (χ0) is 27.5. The van der Waals surface area contributed by atoms with Crippen molar-refractivity contribution in [2.45, 2.75) is 56.1 Å². The van der Waals surface area contributed by atoms with Crippen molar-refractivity contribution in [3.63, 3.8) is 0 Å². The van der Waals surface area contributed by atoms with E-state index in [-0.39, 0.29) is 31.7 Å². The van der Waals surface area contributed by atoms with Crippen LogP contribution in [0.5, 0.6) is 5.75 Å². The summed E-state index contributed by atoms with van der Waals surface area (Å²) in [6.07, 6.45) is -6.12. The molecule has 206 valence electrons. The molecule has 0 aliphatic carbocycles. The van der Waals surface area contributed by atoms with Gasteiger partial charge >= 0.3 is 18.3 Å². The molecular formula is C26H26F3N5O5. The Kier molecular flexibility index (Phi) is 5.86. The van der Waals surface area contributed by atoms with E-state index in [1.54, 1.807) is 11.0 Å². The Hall–Kier alpha value is -4.00. The lowest BCUT2D eigenvalue weighted by molar-refractivity contribution is -0.277. The largest absolute Gasteiger partial charge is 0.491 e. The number of imidazole rings is 1. The first-order valence-corrected chi connectivity index (χ1v) is 12.6. The Balaban J connectivity index is 1.23. The van der Waals surface area contributed by atoms with Crippen molar-refractivity contribution in [2.75, 3.05) is 18.5 Å². The first-order chi connectivity index (χ1) is 18.5. The maximum absolute atomic E-state index is 13.6. The second-order valence-corrected chi connectivity index (χ2v) is 10.4. The molecule has 4 heterocycles. The van der Waals surface area contributed by atoms with Crippen molar-refractivity contribution in [3.05, 3.63) is 42.0 Å². The van der Waals surface area contributed by atoms with Gasteiger partial charge in [-0.15, -0.1) is 0 Å². The fourth-order valence-corrected chi connectivity index (χ4v) is 6.02. The number of rotatable bonds is 2. The third kappa shape index (κ3) is 4.50. The first-order valence-electron chi connectivity index (χ1n) is 12.6. The van der Waals surface area contributed by atoms with E-state index >= 15 is 0 Å². The average Bonchev–Trinajstić information content (AvgIpc) is 3.29. The van der Waals surface area contributed by atoms with Gasteiger partial charge in [-0.05, 0) is 48.2 Å². The number of H-pyrrole nitrogens is 1. The van der Waals surface area contributed by atoms with Crippen molar-refractivity contribution < 1.29 is 37.7 Å². The number of carboxylic acid groups (broad SMARTS) is 1. The SMILES string of the molecule is O=C(O)Nc1nc2ccc(-c3ccc4c(c3)CN(C(=O)N3C5CCC3CC(O)(C(F)(F)F)C5)CCO4)cc2[nH]1. The van der Waals surface area contributed by atoms with Gasteiger partial charge in [0, 0.05) is 30.5 Å². The smallest absolute Gasteiger partial charge is 0.417 e. The van der Waals surface area contributed by atoms with Crippen LogP contribution in [-0.4, -0.2) is 79.1 Å². The Bertz CT molecular complexity index is 1440. The van der Waals surface area contributed by atoms with E-state index in [1.807, 2.05) is 30.3 Å². The number of aliphatic hydroxyl groups is 1. The molecule has 3 amide bonds. The number of aromatic amines is 1. The number of anilines is 1. The zero-order valence-corrected chi connectivity index (χ0v) is 20.7. The predicted octanol–water partition coefficient (Wildman–Crippen LogP) is 4.55. The summed E-state index contributed by atoms with van der Waals surface area (Å²) in [5.74, 6) is 0.733. The number of alkyl halides is 3. The molecule has 0 spiro atoms. The van der Waals surface area contributed by atoms with Crippen LogP contribution in [0.15, 0.2) is 36.4 Å². The number of hydrogen-bond donors (Lipinski definition) is 4. The number of nitrogens with zero attached hydrogens (tertiary/aromatic N) is 3. The third-order valence-electron chi connectivity index (χ3n) is 7.87. The number of ether oxygens (including phenoxy) is 1. The molecule has 3 aliphatic heterocycles. The van der Waals surface area contributed by atoms with Gasteiger partial charge in [0.15, 0.2) is 5.60 Å². The highest BCUT2D eigenvalue weighted by atomic mass is 19.4. The number of halogens is 3. The van der Waals surface area contributed by atoms with Gasteiger partial charge in [0.1, 0.15) is 12.4 Å². The van der Waals surface area contributed by atoms with Gasteiger partial charge in [-0.25, -0.2) is 14.6 Å². The number of carbonyl (C=O) groups is 2.